The van der Waals surface area contributed by atoms with Crippen molar-refractivity contribution in [1.29, 1.82) is 0 Å². The van der Waals surface area contributed by atoms with Crippen LogP contribution in [0.2, 0.25) is 0 Å². The first-order chi connectivity index (χ1) is 13.0. The van der Waals surface area contributed by atoms with Crippen LogP contribution < -0.4 is 5.56 Å². The first-order valence-electron chi connectivity index (χ1n) is 8.20. The van der Waals surface area contributed by atoms with E-state index in [0.29, 0.717) is 24.5 Å². The van der Waals surface area contributed by atoms with Crippen molar-refractivity contribution in [1.82, 2.24) is 9.55 Å². The van der Waals surface area contributed by atoms with Gasteiger partial charge in [-0.3, -0.25) is 9.36 Å². The summed E-state index contributed by atoms with van der Waals surface area (Å²) in [6.45, 7) is 0.968. The van der Waals surface area contributed by atoms with Crippen LogP contribution in [0.15, 0.2) is 46.6 Å². The van der Waals surface area contributed by atoms with Gasteiger partial charge in [0.15, 0.2) is 11.5 Å². The number of aromatic carboxylic acids is 1. The molecule has 3 rings (SSSR count). The van der Waals surface area contributed by atoms with Gasteiger partial charge in [-0.15, -0.1) is 11.3 Å². The van der Waals surface area contributed by atoms with E-state index < -0.39 is 23.0 Å². The van der Waals surface area contributed by atoms with Crippen molar-refractivity contribution in [3.8, 4) is 16.5 Å². The molecule has 3 aromatic rings. The summed E-state index contributed by atoms with van der Waals surface area (Å²) in [6, 6.07) is 11.7. The Labute approximate surface area is 159 Å². The zero-order valence-electron chi connectivity index (χ0n) is 14.6. The second-order valence-corrected chi connectivity index (χ2v) is 6.78. The van der Waals surface area contributed by atoms with Gasteiger partial charge in [0.05, 0.1) is 18.1 Å². The van der Waals surface area contributed by atoms with Crippen molar-refractivity contribution in [2.45, 2.75) is 13.0 Å². The van der Waals surface area contributed by atoms with E-state index in [2.05, 4.69) is 4.98 Å². The van der Waals surface area contributed by atoms with Crippen LogP contribution in [0.1, 0.15) is 21.6 Å². The summed E-state index contributed by atoms with van der Waals surface area (Å²) in [7, 11) is 1.45. The number of thiophene rings is 1. The van der Waals surface area contributed by atoms with Crippen LogP contribution in [0.3, 0.4) is 0 Å². The highest BCUT2D eigenvalue weighted by molar-refractivity contribution is 7.13. The summed E-state index contributed by atoms with van der Waals surface area (Å²) in [6.07, 6.45) is 0.588. The number of benzene rings is 1. The number of ether oxygens (including phenoxy) is 1. The Bertz CT molecular complexity index is 1010. The fourth-order valence-corrected chi connectivity index (χ4v) is 3.60. The highest BCUT2D eigenvalue weighted by Crippen LogP contribution is 2.29. The zero-order chi connectivity index (χ0) is 19.4. The Morgan fingerprint density at radius 3 is 2.70 bits per heavy atom. The van der Waals surface area contributed by atoms with Gasteiger partial charge in [0.2, 0.25) is 5.75 Å². The van der Waals surface area contributed by atoms with Crippen LogP contribution >= 0.6 is 11.3 Å². The van der Waals surface area contributed by atoms with Gasteiger partial charge in [0.25, 0.3) is 5.56 Å². The minimum atomic E-state index is -1.45. The molecule has 140 valence electrons. The van der Waals surface area contributed by atoms with Gasteiger partial charge in [0, 0.05) is 7.05 Å². The Kier molecular flexibility index (Phi) is 5.68. The Morgan fingerprint density at radius 1 is 1.26 bits per heavy atom. The molecule has 0 amide bonds. The van der Waals surface area contributed by atoms with Gasteiger partial charge in [0.1, 0.15) is 0 Å². The minimum Gasteiger partial charge on any atom is -0.501 e. The normalized spacial score (nSPS) is 10.9. The highest BCUT2D eigenvalue weighted by atomic mass is 32.1. The fourth-order valence-electron chi connectivity index (χ4n) is 2.62. The van der Waals surface area contributed by atoms with Gasteiger partial charge in [-0.25, -0.2) is 9.78 Å². The molecule has 0 saturated heterocycles. The van der Waals surface area contributed by atoms with E-state index in [1.54, 1.807) is 0 Å². The third-order valence-corrected chi connectivity index (χ3v) is 5.00. The number of nitrogens with zero attached hydrogens (tertiary/aromatic N) is 2. The largest absolute Gasteiger partial charge is 0.501 e. The van der Waals surface area contributed by atoms with E-state index in [9.17, 15) is 14.7 Å². The predicted molar refractivity (Wildman–Crippen MR) is 101 cm³/mol. The average molecular weight is 386 g/mol. The van der Waals surface area contributed by atoms with Crippen molar-refractivity contribution >= 4 is 17.3 Å². The van der Waals surface area contributed by atoms with Gasteiger partial charge in [-0.05, 0) is 29.0 Å². The molecule has 2 aromatic heterocycles. The Balaban J connectivity index is 1.79. The first-order valence-corrected chi connectivity index (χ1v) is 9.08. The van der Waals surface area contributed by atoms with Crippen molar-refractivity contribution in [2.75, 3.05) is 6.61 Å². The van der Waals surface area contributed by atoms with E-state index in [-0.39, 0.29) is 5.82 Å². The summed E-state index contributed by atoms with van der Waals surface area (Å²) in [4.78, 5) is 28.1. The average Bonchev–Trinajstić information content (AvgIpc) is 3.12. The lowest BCUT2D eigenvalue weighted by Crippen LogP contribution is -2.23. The highest BCUT2D eigenvalue weighted by Gasteiger charge is 2.21. The molecule has 0 spiro atoms. The molecule has 0 aliphatic rings. The molecule has 0 fully saturated rings. The number of carboxylic acids is 1. The lowest BCUT2D eigenvalue weighted by atomic mass is 10.2. The number of aromatic hydroxyl groups is 1. The predicted octanol–water partition coefficient (Wildman–Crippen LogP) is 2.67. The lowest BCUT2D eigenvalue weighted by Gasteiger charge is -2.10. The Hall–Kier alpha value is -2.97. The molecule has 0 aliphatic heterocycles. The SMILES string of the molecule is Cn1c(-c2sccc2CCOCc2ccccc2)nc(C(=O)O)c(O)c1=O. The number of carboxylic acid groups (broad SMARTS) is 1. The summed E-state index contributed by atoms with van der Waals surface area (Å²) < 4.78 is 6.86. The van der Waals surface area contributed by atoms with Gasteiger partial charge >= 0.3 is 5.97 Å². The number of carbonyl (C=O) groups is 1. The molecule has 0 aliphatic carbocycles. The third-order valence-electron chi connectivity index (χ3n) is 4.05. The lowest BCUT2D eigenvalue weighted by molar-refractivity contribution is 0.0686. The van der Waals surface area contributed by atoms with Crippen molar-refractivity contribution in [3.63, 3.8) is 0 Å². The van der Waals surface area contributed by atoms with Crippen molar-refractivity contribution in [3.05, 3.63) is 69.0 Å². The molecule has 7 nitrogen and oxygen atoms in total. The van der Waals surface area contributed by atoms with Crippen LogP contribution in [-0.2, 0) is 24.8 Å². The molecule has 0 radical (unpaired) electrons. The number of hydrogen-bond acceptors (Lipinski definition) is 6. The number of hydrogen-bond donors (Lipinski definition) is 2. The van der Waals surface area contributed by atoms with Gasteiger partial charge < -0.3 is 14.9 Å². The number of rotatable bonds is 7. The van der Waals surface area contributed by atoms with Gasteiger partial charge in [-0.2, -0.15) is 0 Å². The fraction of sp³-hybridized carbons (Fsp3) is 0.211. The second-order valence-electron chi connectivity index (χ2n) is 5.87. The monoisotopic (exact) mass is 386 g/mol. The van der Waals surface area contributed by atoms with Crippen molar-refractivity contribution in [2.24, 2.45) is 7.05 Å². The molecule has 2 N–H and O–H groups in total. The standard InChI is InChI=1S/C19H18N2O5S/c1-21-17(20-14(19(24)25)15(22)18(21)23)16-13(8-10-27-16)7-9-26-11-12-5-3-2-4-6-12/h2-6,8,10,22H,7,9,11H2,1H3,(H,24,25). The molecule has 0 bridgehead atoms. The topological polar surface area (TPSA) is 102 Å². The van der Waals surface area contributed by atoms with E-state index in [1.165, 1.54) is 18.4 Å². The Morgan fingerprint density at radius 2 is 2.00 bits per heavy atom. The smallest absolute Gasteiger partial charge is 0.358 e. The summed E-state index contributed by atoms with van der Waals surface area (Å²) >= 11 is 1.35. The quantitative estimate of drug-likeness (QED) is 0.606. The van der Waals surface area contributed by atoms with E-state index in [4.69, 9.17) is 9.84 Å². The van der Waals surface area contributed by atoms with Crippen LogP contribution in [0, 0.1) is 0 Å². The summed E-state index contributed by atoms with van der Waals surface area (Å²) in [5.41, 5.74) is 0.541. The zero-order valence-corrected chi connectivity index (χ0v) is 15.4. The molecule has 0 unspecified atom stereocenters. The number of aromatic nitrogens is 2. The second kappa shape index (κ2) is 8.15. The molecule has 27 heavy (non-hydrogen) atoms. The maximum Gasteiger partial charge on any atom is 0.358 e. The van der Waals surface area contributed by atoms with Gasteiger partial charge in [-0.1, -0.05) is 30.3 Å². The first kappa shape index (κ1) is 18.8. The molecular formula is C19H18N2O5S. The van der Waals surface area contributed by atoms with E-state index in [0.717, 1.165) is 15.7 Å². The molecule has 0 atom stereocenters. The van der Waals surface area contributed by atoms with Crippen LogP contribution in [-0.4, -0.2) is 32.3 Å². The third kappa shape index (κ3) is 4.07. The van der Waals surface area contributed by atoms with Crippen LogP contribution in [0.4, 0.5) is 0 Å². The van der Waals surface area contributed by atoms with E-state index >= 15 is 0 Å². The molecule has 8 heteroatoms. The minimum absolute atomic E-state index is 0.211. The van der Waals surface area contributed by atoms with E-state index in [1.807, 2.05) is 41.8 Å². The summed E-state index contributed by atoms with van der Waals surface area (Å²) in [5, 5.41) is 20.7. The molecule has 2 heterocycles. The summed E-state index contributed by atoms with van der Waals surface area (Å²) in [5.74, 6) is -2.10. The molecule has 1 aromatic carbocycles. The maximum atomic E-state index is 12.1. The van der Waals surface area contributed by atoms with Crippen LogP contribution in [0.5, 0.6) is 5.75 Å². The van der Waals surface area contributed by atoms with Crippen molar-refractivity contribution < 1.29 is 19.7 Å². The maximum absolute atomic E-state index is 12.1. The van der Waals surface area contributed by atoms with Crippen LogP contribution in [0.25, 0.3) is 10.7 Å². The molecular weight excluding hydrogens is 368 g/mol. The molecule has 0 saturated carbocycles.